The minimum Gasteiger partial charge on any atom is -0.511 e. The maximum atomic E-state index is 13.6. The Labute approximate surface area is 277 Å². The molecule has 0 saturated carbocycles. The van der Waals surface area contributed by atoms with E-state index in [4.69, 9.17) is 0 Å². The first-order valence-electron chi connectivity index (χ1n) is 15.6. The molecular weight excluding hydrogens is 620 g/mol. The zero-order valence-electron chi connectivity index (χ0n) is 28.1. The fourth-order valence-corrected chi connectivity index (χ4v) is 6.52. The molecule has 48 heavy (non-hydrogen) atoms. The van der Waals surface area contributed by atoms with Gasteiger partial charge in [0.15, 0.2) is 17.3 Å². The molecule has 4 atom stereocenters. The molecule has 256 valence electrons. The lowest BCUT2D eigenvalue weighted by molar-refractivity contribution is -0.139. The molecule has 2 unspecified atom stereocenters. The van der Waals surface area contributed by atoms with Crippen LogP contribution in [0.25, 0.3) is 16.3 Å². The van der Waals surface area contributed by atoms with Gasteiger partial charge in [0.05, 0.1) is 5.92 Å². The first kappa shape index (κ1) is 35.7. The molecule has 0 bridgehead atoms. The highest BCUT2D eigenvalue weighted by Gasteiger charge is 2.44. The van der Waals surface area contributed by atoms with E-state index in [9.17, 15) is 50.1 Å². The van der Waals surface area contributed by atoms with E-state index in [1.54, 1.807) is 53.7 Å². The number of carbonyl (C=O) groups is 3. The van der Waals surface area contributed by atoms with Gasteiger partial charge in [-0.1, -0.05) is 39.8 Å². The van der Waals surface area contributed by atoms with Gasteiger partial charge in [-0.3, -0.25) is 14.6 Å². The SMILES string of the molecule is CC1=CC2=C(C(C)C)C(O)C(=O)/C(=C\N[C@H](C)C(=O)O)C2C(O)=C1c1c(C)cc2c(C(C)C)c(O)c(O)c(C=N[C@@H](C)C(=O)O)c2c1O. The Morgan fingerprint density at radius 1 is 0.917 bits per heavy atom. The minimum atomic E-state index is -1.53. The Hall–Kier alpha value is -5.10. The number of rotatable bonds is 9. The molecule has 2 aromatic carbocycles. The molecule has 0 fully saturated rings. The summed E-state index contributed by atoms with van der Waals surface area (Å²) in [6.07, 6.45) is 2.45. The van der Waals surface area contributed by atoms with Crippen molar-refractivity contribution in [3.63, 3.8) is 0 Å². The van der Waals surface area contributed by atoms with Crippen LogP contribution in [-0.2, 0) is 14.4 Å². The van der Waals surface area contributed by atoms with Crippen molar-refractivity contribution in [2.24, 2.45) is 16.8 Å². The fourth-order valence-electron chi connectivity index (χ4n) is 6.52. The minimum absolute atomic E-state index is 0.0519. The third-order valence-electron chi connectivity index (χ3n) is 8.96. The molecule has 0 amide bonds. The van der Waals surface area contributed by atoms with Crippen molar-refractivity contribution in [1.82, 2.24) is 5.32 Å². The highest BCUT2D eigenvalue weighted by molar-refractivity contribution is 6.12. The zero-order chi connectivity index (χ0) is 36.1. The molecule has 12 heteroatoms. The number of nitrogens with zero attached hydrogens (tertiary/aromatic N) is 1. The lowest BCUT2D eigenvalue weighted by Gasteiger charge is -2.37. The fraction of sp³-hybridized carbons (Fsp3) is 0.389. The molecule has 2 aliphatic rings. The van der Waals surface area contributed by atoms with Gasteiger partial charge in [0.1, 0.15) is 29.7 Å². The Kier molecular flexibility index (Phi) is 9.82. The summed E-state index contributed by atoms with van der Waals surface area (Å²) in [5.74, 6) is -6.69. The number of Topliss-reactive ketones (excluding diaryl/α,β-unsaturated/α-hetero) is 1. The number of aryl methyl sites for hydroxylation is 1. The summed E-state index contributed by atoms with van der Waals surface area (Å²) < 4.78 is 0. The number of aliphatic hydroxyl groups excluding tert-OH is 2. The van der Waals surface area contributed by atoms with E-state index < -0.39 is 59.1 Å². The molecule has 0 saturated heterocycles. The number of ketones is 1. The molecule has 2 aromatic rings. The maximum Gasteiger partial charge on any atom is 0.328 e. The van der Waals surface area contributed by atoms with E-state index in [1.165, 1.54) is 20.0 Å². The number of hydrogen-bond acceptors (Lipinski definition) is 10. The maximum absolute atomic E-state index is 13.6. The number of aliphatic hydroxyl groups is 2. The summed E-state index contributed by atoms with van der Waals surface area (Å²) in [5, 5.41) is 79.3. The number of benzene rings is 2. The Morgan fingerprint density at radius 3 is 2.08 bits per heavy atom. The number of carboxylic acids is 2. The molecule has 12 nitrogen and oxygen atoms in total. The van der Waals surface area contributed by atoms with Gasteiger partial charge in [0.25, 0.3) is 0 Å². The van der Waals surface area contributed by atoms with Gasteiger partial charge in [-0.15, -0.1) is 0 Å². The Balaban J connectivity index is 2.13. The van der Waals surface area contributed by atoms with Crippen LogP contribution in [0.4, 0.5) is 0 Å². The van der Waals surface area contributed by atoms with Crippen molar-refractivity contribution in [2.75, 3.05) is 0 Å². The van der Waals surface area contributed by atoms with E-state index in [2.05, 4.69) is 10.3 Å². The Morgan fingerprint density at radius 2 is 1.54 bits per heavy atom. The van der Waals surface area contributed by atoms with E-state index >= 15 is 0 Å². The van der Waals surface area contributed by atoms with Crippen molar-refractivity contribution >= 4 is 40.3 Å². The molecule has 4 rings (SSSR count). The van der Waals surface area contributed by atoms with Crippen LogP contribution in [0.5, 0.6) is 17.2 Å². The number of hydrogen-bond donors (Lipinski definition) is 8. The van der Waals surface area contributed by atoms with Crippen LogP contribution in [0.3, 0.4) is 0 Å². The predicted octanol–water partition coefficient (Wildman–Crippen LogP) is 4.97. The number of aromatic hydroxyl groups is 3. The summed E-state index contributed by atoms with van der Waals surface area (Å²) in [6, 6.07) is -0.628. The molecular formula is C36H42N2O10. The average Bonchev–Trinajstić information content (AvgIpc) is 2.98. The number of carboxylic acid groups (broad SMARTS) is 2. The largest absolute Gasteiger partial charge is 0.511 e. The van der Waals surface area contributed by atoms with Crippen LogP contribution in [-0.4, -0.2) is 77.9 Å². The van der Waals surface area contributed by atoms with Crippen LogP contribution >= 0.6 is 0 Å². The van der Waals surface area contributed by atoms with Crippen molar-refractivity contribution in [3.05, 3.63) is 68.6 Å². The second kappa shape index (κ2) is 13.2. The standard InChI is InChI=1S/C36H42N2O10/c1-13(2)23-19-9-15(5)25(31(41)27(19)21(29(39)33(23)43)11-37-17(7)35(45)46)26-16(6)10-20-24(14(3)4)34(44)30(40)22(28(20)32(26)42)12-38-18(8)36(47)48/h9-14,17-18,27,33,37,40-44H,1-8H3,(H,45,46)(H,47,48)/b21-11-,38-12?/t17-,18+,27?,33?/m1/s1. The van der Waals surface area contributed by atoms with Gasteiger partial charge >= 0.3 is 11.9 Å². The van der Waals surface area contributed by atoms with Gasteiger partial charge in [0, 0.05) is 45.6 Å². The van der Waals surface area contributed by atoms with Gasteiger partial charge < -0.3 is 41.1 Å². The molecule has 2 aliphatic carbocycles. The molecule has 0 aromatic heterocycles. The second-order valence-corrected chi connectivity index (χ2v) is 13.0. The van der Waals surface area contributed by atoms with E-state index in [1.807, 2.05) is 0 Å². The molecule has 0 heterocycles. The topological polar surface area (TPSA) is 217 Å². The first-order valence-corrected chi connectivity index (χ1v) is 15.6. The summed E-state index contributed by atoms with van der Waals surface area (Å²) in [4.78, 5) is 40.6. The molecule has 0 spiro atoms. The Bertz CT molecular complexity index is 1890. The third-order valence-corrected chi connectivity index (χ3v) is 8.96. The second-order valence-electron chi connectivity index (χ2n) is 13.0. The molecule has 8 N–H and O–H groups in total. The van der Waals surface area contributed by atoms with Crippen LogP contribution < -0.4 is 5.32 Å². The van der Waals surface area contributed by atoms with E-state index in [-0.39, 0.29) is 45.3 Å². The van der Waals surface area contributed by atoms with Gasteiger partial charge in [-0.05, 0) is 67.2 Å². The smallest absolute Gasteiger partial charge is 0.328 e. The van der Waals surface area contributed by atoms with Crippen molar-refractivity contribution < 1.29 is 50.1 Å². The summed E-state index contributed by atoms with van der Waals surface area (Å²) in [7, 11) is 0. The normalized spacial score (nSPS) is 20.6. The monoisotopic (exact) mass is 662 g/mol. The summed E-state index contributed by atoms with van der Waals surface area (Å²) in [5.41, 5.74) is 2.21. The number of nitrogens with one attached hydrogen (secondary N) is 1. The third kappa shape index (κ3) is 5.92. The number of aliphatic carboxylic acids is 2. The average molecular weight is 663 g/mol. The van der Waals surface area contributed by atoms with Crippen LogP contribution in [0.2, 0.25) is 0 Å². The quantitative estimate of drug-likeness (QED) is 0.102. The molecule has 0 aliphatic heterocycles. The van der Waals surface area contributed by atoms with Gasteiger partial charge in [0.2, 0.25) is 0 Å². The van der Waals surface area contributed by atoms with E-state index in [0.717, 1.165) is 6.21 Å². The van der Waals surface area contributed by atoms with Crippen LogP contribution in [0.1, 0.15) is 76.6 Å². The van der Waals surface area contributed by atoms with E-state index in [0.29, 0.717) is 33.2 Å². The number of carbonyl (C=O) groups excluding carboxylic acids is 1. The van der Waals surface area contributed by atoms with Crippen molar-refractivity contribution in [3.8, 4) is 17.2 Å². The number of phenolic OH excluding ortho intramolecular Hbond substituents is 3. The van der Waals surface area contributed by atoms with Crippen molar-refractivity contribution in [1.29, 1.82) is 0 Å². The summed E-state index contributed by atoms with van der Waals surface area (Å²) in [6.45, 7) is 13.3. The van der Waals surface area contributed by atoms with Gasteiger partial charge in [-0.2, -0.15) is 0 Å². The number of allylic oxidation sites excluding steroid dienone is 4. The lowest BCUT2D eigenvalue weighted by Crippen LogP contribution is -2.40. The van der Waals surface area contributed by atoms with Gasteiger partial charge in [-0.25, -0.2) is 4.79 Å². The van der Waals surface area contributed by atoms with Crippen LogP contribution in [0, 0.1) is 18.8 Å². The van der Waals surface area contributed by atoms with Crippen LogP contribution in [0.15, 0.2) is 51.4 Å². The molecule has 0 radical (unpaired) electrons. The summed E-state index contributed by atoms with van der Waals surface area (Å²) >= 11 is 0. The highest BCUT2D eigenvalue weighted by atomic mass is 16.4. The number of phenols is 3. The number of aliphatic imine (C=N–C) groups is 1. The van der Waals surface area contributed by atoms with Crippen molar-refractivity contribution in [2.45, 2.75) is 79.5 Å². The predicted molar refractivity (Wildman–Crippen MR) is 180 cm³/mol. The zero-order valence-corrected chi connectivity index (χ0v) is 28.1. The highest BCUT2D eigenvalue weighted by Crippen LogP contribution is 2.52. The number of fused-ring (bicyclic) bond motifs is 2. The lowest BCUT2D eigenvalue weighted by atomic mass is 9.68. The first-order chi connectivity index (χ1) is 22.3.